The monoisotopic (exact) mass is 226 g/mol. The van der Waals surface area contributed by atoms with E-state index in [-0.39, 0.29) is 5.60 Å². The van der Waals surface area contributed by atoms with Crippen molar-refractivity contribution in [2.75, 3.05) is 0 Å². The highest BCUT2D eigenvalue weighted by atomic mass is 16.3. The zero-order chi connectivity index (χ0) is 12.0. The Morgan fingerprint density at radius 1 is 1.06 bits per heavy atom. The molecule has 0 amide bonds. The molecular formula is C15H30O. The third kappa shape index (κ3) is 4.45. The molecule has 0 aromatic rings. The zero-order valence-electron chi connectivity index (χ0n) is 11.5. The van der Waals surface area contributed by atoms with Gasteiger partial charge >= 0.3 is 0 Å². The first-order valence-electron chi connectivity index (χ1n) is 7.30. The first-order chi connectivity index (χ1) is 7.57. The maximum absolute atomic E-state index is 10.5. The van der Waals surface area contributed by atoms with Crippen molar-refractivity contribution >= 4 is 0 Å². The average molecular weight is 226 g/mol. The average Bonchev–Trinajstić information content (AvgIpc) is 2.24. The normalized spacial score (nSPS) is 35.2. The Balaban J connectivity index is 2.19. The van der Waals surface area contributed by atoms with Crippen LogP contribution in [0.2, 0.25) is 0 Å². The van der Waals surface area contributed by atoms with Crippen molar-refractivity contribution in [1.82, 2.24) is 0 Å². The van der Waals surface area contributed by atoms with Crippen LogP contribution < -0.4 is 0 Å². The van der Waals surface area contributed by atoms with Crippen LogP contribution in [-0.4, -0.2) is 10.7 Å². The highest BCUT2D eigenvalue weighted by Gasteiger charge is 2.34. The Hall–Kier alpha value is -0.0400. The summed E-state index contributed by atoms with van der Waals surface area (Å²) in [5.41, 5.74) is -0.321. The maximum atomic E-state index is 10.5. The minimum absolute atomic E-state index is 0.321. The summed E-state index contributed by atoms with van der Waals surface area (Å²) in [6, 6.07) is 0. The molecule has 1 N–H and O–H groups in total. The molecule has 96 valence electrons. The van der Waals surface area contributed by atoms with Crippen molar-refractivity contribution in [2.24, 2.45) is 11.8 Å². The quantitative estimate of drug-likeness (QED) is 0.660. The summed E-state index contributed by atoms with van der Waals surface area (Å²) in [5.74, 6) is 1.51. The first kappa shape index (κ1) is 14.0. The van der Waals surface area contributed by atoms with Crippen LogP contribution in [0.3, 0.4) is 0 Å². The number of hydrogen-bond acceptors (Lipinski definition) is 1. The predicted molar refractivity (Wildman–Crippen MR) is 70.5 cm³/mol. The molecule has 1 heteroatoms. The number of rotatable bonds is 6. The zero-order valence-corrected chi connectivity index (χ0v) is 11.5. The molecule has 1 rings (SSSR count). The molecular weight excluding hydrogens is 196 g/mol. The van der Waals surface area contributed by atoms with Crippen LogP contribution in [0.25, 0.3) is 0 Å². The number of unbranched alkanes of at least 4 members (excludes halogenated alkanes) is 4. The summed E-state index contributed by atoms with van der Waals surface area (Å²) in [4.78, 5) is 0. The van der Waals surface area contributed by atoms with E-state index in [2.05, 4.69) is 20.8 Å². The molecule has 0 radical (unpaired) electrons. The molecule has 0 heterocycles. The van der Waals surface area contributed by atoms with Gasteiger partial charge in [-0.05, 0) is 37.5 Å². The van der Waals surface area contributed by atoms with E-state index in [9.17, 15) is 5.11 Å². The smallest absolute Gasteiger partial charge is 0.0650 e. The molecule has 0 bridgehead atoms. The number of aliphatic hydroxyl groups is 1. The van der Waals surface area contributed by atoms with E-state index in [1.54, 1.807) is 0 Å². The molecule has 1 saturated carbocycles. The van der Waals surface area contributed by atoms with Gasteiger partial charge in [0, 0.05) is 0 Å². The van der Waals surface area contributed by atoms with Crippen LogP contribution in [0.15, 0.2) is 0 Å². The second-order valence-corrected chi connectivity index (χ2v) is 6.09. The Morgan fingerprint density at radius 2 is 1.75 bits per heavy atom. The summed E-state index contributed by atoms with van der Waals surface area (Å²) in [7, 11) is 0. The standard InChI is InChI=1S/C15H30O/c1-4-5-6-7-8-10-15(16)11-9-13(2)14(3)12-15/h13-14,16H,4-12H2,1-3H3. The van der Waals surface area contributed by atoms with E-state index >= 15 is 0 Å². The first-order valence-corrected chi connectivity index (χ1v) is 7.30. The van der Waals surface area contributed by atoms with E-state index < -0.39 is 0 Å². The van der Waals surface area contributed by atoms with Crippen molar-refractivity contribution in [3.05, 3.63) is 0 Å². The van der Waals surface area contributed by atoms with Gasteiger partial charge in [0.2, 0.25) is 0 Å². The molecule has 0 aliphatic heterocycles. The molecule has 0 saturated heterocycles. The molecule has 1 fully saturated rings. The lowest BCUT2D eigenvalue weighted by Gasteiger charge is -2.39. The molecule has 1 aliphatic carbocycles. The third-order valence-electron chi connectivity index (χ3n) is 4.48. The van der Waals surface area contributed by atoms with Gasteiger partial charge in [0.25, 0.3) is 0 Å². The van der Waals surface area contributed by atoms with Crippen LogP contribution >= 0.6 is 0 Å². The summed E-state index contributed by atoms with van der Waals surface area (Å²) in [6.07, 6.45) is 10.8. The third-order valence-corrected chi connectivity index (χ3v) is 4.48. The SMILES string of the molecule is CCCCCCCC1(O)CCC(C)C(C)C1. The van der Waals surface area contributed by atoms with Gasteiger partial charge in [-0.2, -0.15) is 0 Å². The lowest BCUT2D eigenvalue weighted by Crippen LogP contribution is -2.37. The van der Waals surface area contributed by atoms with Gasteiger partial charge in [-0.15, -0.1) is 0 Å². The summed E-state index contributed by atoms with van der Waals surface area (Å²) >= 11 is 0. The Kier molecular flexibility index (Phi) is 5.82. The fraction of sp³-hybridized carbons (Fsp3) is 1.00. The molecule has 3 atom stereocenters. The second kappa shape index (κ2) is 6.64. The van der Waals surface area contributed by atoms with Crippen LogP contribution in [-0.2, 0) is 0 Å². The highest BCUT2D eigenvalue weighted by Crippen LogP contribution is 2.38. The topological polar surface area (TPSA) is 20.2 Å². The van der Waals surface area contributed by atoms with Crippen LogP contribution in [0.5, 0.6) is 0 Å². The van der Waals surface area contributed by atoms with Crippen molar-refractivity contribution in [1.29, 1.82) is 0 Å². The van der Waals surface area contributed by atoms with Gasteiger partial charge in [0.1, 0.15) is 0 Å². The Bertz CT molecular complexity index is 190. The van der Waals surface area contributed by atoms with Crippen LogP contribution in [0.4, 0.5) is 0 Å². The van der Waals surface area contributed by atoms with Gasteiger partial charge in [-0.3, -0.25) is 0 Å². The van der Waals surface area contributed by atoms with Gasteiger partial charge < -0.3 is 5.11 Å². The molecule has 0 aromatic carbocycles. The Labute approximate surface area is 102 Å². The molecule has 3 unspecified atom stereocenters. The van der Waals surface area contributed by atoms with Crippen LogP contribution in [0.1, 0.15) is 78.6 Å². The second-order valence-electron chi connectivity index (χ2n) is 6.09. The van der Waals surface area contributed by atoms with Gasteiger partial charge in [0.05, 0.1) is 5.60 Å². The lowest BCUT2D eigenvalue weighted by atomic mass is 9.71. The fourth-order valence-corrected chi connectivity index (χ4v) is 2.97. The maximum Gasteiger partial charge on any atom is 0.0650 e. The van der Waals surface area contributed by atoms with E-state index in [1.165, 1.54) is 38.5 Å². The summed E-state index contributed by atoms with van der Waals surface area (Å²) in [6.45, 7) is 6.87. The van der Waals surface area contributed by atoms with E-state index in [0.717, 1.165) is 25.2 Å². The van der Waals surface area contributed by atoms with E-state index in [1.807, 2.05) is 0 Å². The fourth-order valence-electron chi connectivity index (χ4n) is 2.97. The molecule has 0 spiro atoms. The molecule has 16 heavy (non-hydrogen) atoms. The minimum Gasteiger partial charge on any atom is -0.390 e. The van der Waals surface area contributed by atoms with Crippen LogP contribution in [0, 0.1) is 11.8 Å². The minimum atomic E-state index is -0.321. The Morgan fingerprint density at radius 3 is 2.38 bits per heavy atom. The molecule has 1 aliphatic rings. The highest BCUT2D eigenvalue weighted by molar-refractivity contribution is 4.87. The number of hydrogen-bond donors (Lipinski definition) is 1. The van der Waals surface area contributed by atoms with E-state index in [4.69, 9.17) is 0 Å². The van der Waals surface area contributed by atoms with Crippen molar-refractivity contribution in [3.8, 4) is 0 Å². The van der Waals surface area contributed by atoms with Gasteiger partial charge in [0.15, 0.2) is 0 Å². The van der Waals surface area contributed by atoms with E-state index in [0.29, 0.717) is 5.92 Å². The van der Waals surface area contributed by atoms with Crippen molar-refractivity contribution in [2.45, 2.75) is 84.2 Å². The molecule has 0 aromatic heterocycles. The summed E-state index contributed by atoms with van der Waals surface area (Å²) in [5, 5.41) is 10.5. The van der Waals surface area contributed by atoms with Gasteiger partial charge in [-0.1, -0.05) is 52.9 Å². The van der Waals surface area contributed by atoms with Gasteiger partial charge in [-0.25, -0.2) is 0 Å². The van der Waals surface area contributed by atoms with Crippen molar-refractivity contribution < 1.29 is 5.11 Å². The summed E-state index contributed by atoms with van der Waals surface area (Å²) < 4.78 is 0. The largest absolute Gasteiger partial charge is 0.390 e. The molecule has 1 nitrogen and oxygen atoms in total. The van der Waals surface area contributed by atoms with Crippen molar-refractivity contribution in [3.63, 3.8) is 0 Å². The predicted octanol–water partition coefficient (Wildman–Crippen LogP) is 4.53. The lowest BCUT2D eigenvalue weighted by molar-refractivity contribution is -0.0367.